The lowest BCUT2D eigenvalue weighted by atomic mass is 10.2. The summed E-state index contributed by atoms with van der Waals surface area (Å²) < 4.78 is 51.1. The van der Waals surface area contributed by atoms with Gasteiger partial charge in [0, 0.05) is 27.1 Å². The number of anilines is 1. The molecule has 10 heteroatoms. The molecular weight excluding hydrogens is 334 g/mol. The van der Waals surface area contributed by atoms with Crippen LogP contribution >= 0.6 is 0 Å². The highest BCUT2D eigenvalue weighted by molar-refractivity contribution is 6.39. The van der Waals surface area contributed by atoms with E-state index >= 15 is 0 Å². The number of rotatable bonds is 4. The second-order valence-electron chi connectivity index (χ2n) is 4.94. The van der Waals surface area contributed by atoms with Crippen molar-refractivity contribution in [3.63, 3.8) is 0 Å². The molecule has 0 radical (unpaired) electrons. The summed E-state index contributed by atoms with van der Waals surface area (Å²) in [6.07, 6.45) is -4.79. The van der Waals surface area contributed by atoms with Crippen molar-refractivity contribution in [3.05, 3.63) is 29.6 Å². The summed E-state index contributed by atoms with van der Waals surface area (Å²) in [5.74, 6) is -3.95. The van der Waals surface area contributed by atoms with Gasteiger partial charge in [0.25, 0.3) is 0 Å². The van der Waals surface area contributed by atoms with Crippen LogP contribution in [0.5, 0.6) is 0 Å². The molecule has 0 unspecified atom stereocenters. The third kappa shape index (κ3) is 5.52. The Kier molecular flexibility index (Phi) is 6.27. The van der Waals surface area contributed by atoms with Gasteiger partial charge in [-0.3, -0.25) is 14.4 Å². The Morgan fingerprint density at radius 3 is 2.29 bits per heavy atom. The van der Waals surface area contributed by atoms with E-state index in [0.717, 1.165) is 0 Å². The van der Waals surface area contributed by atoms with Crippen molar-refractivity contribution in [1.29, 1.82) is 0 Å². The summed E-state index contributed by atoms with van der Waals surface area (Å²) >= 11 is 0. The van der Waals surface area contributed by atoms with Gasteiger partial charge < -0.3 is 15.5 Å². The van der Waals surface area contributed by atoms with Crippen LogP contribution in [0.4, 0.5) is 23.2 Å². The van der Waals surface area contributed by atoms with Crippen molar-refractivity contribution in [2.24, 2.45) is 0 Å². The molecule has 132 valence electrons. The van der Waals surface area contributed by atoms with Gasteiger partial charge in [0.1, 0.15) is 5.82 Å². The molecule has 3 amide bonds. The van der Waals surface area contributed by atoms with Crippen LogP contribution in [0.3, 0.4) is 0 Å². The number of carbonyl (C=O) groups excluding carboxylic acids is 3. The Labute approximate surface area is 134 Å². The minimum absolute atomic E-state index is 0.0655. The summed E-state index contributed by atoms with van der Waals surface area (Å²) in [6, 6.07) is 1.43. The Morgan fingerprint density at radius 1 is 1.12 bits per heavy atom. The van der Waals surface area contributed by atoms with Gasteiger partial charge in [-0.25, -0.2) is 4.39 Å². The SMILES string of the molecule is CN(C)C(=O)CCNC(=O)C(=O)Nc1cc(C(F)(F)F)ccc1F. The fourth-order valence-corrected chi connectivity index (χ4v) is 1.56. The Hall–Kier alpha value is -2.65. The fourth-order valence-electron chi connectivity index (χ4n) is 1.56. The summed E-state index contributed by atoms with van der Waals surface area (Å²) in [5, 5.41) is 3.87. The maximum absolute atomic E-state index is 13.5. The van der Waals surface area contributed by atoms with Crippen molar-refractivity contribution in [2.75, 3.05) is 26.0 Å². The summed E-state index contributed by atoms with van der Waals surface area (Å²) in [5.41, 5.74) is -1.94. The highest BCUT2D eigenvalue weighted by Gasteiger charge is 2.31. The van der Waals surface area contributed by atoms with E-state index in [-0.39, 0.29) is 18.9 Å². The van der Waals surface area contributed by atoms with Crippen LogP contribution in [-0.4, -0.2) is 43.3 Å². The predicted molar refractivity (Wildman–Crippen MR) is 76.4 cm³/mol. The second kappa shape index (κ2) is 7.75. The van der Waals surface area contributed by atoms with Crippen LogP contribution in [0, 0.1) is 5.82 Å². The van der Waals surface area contributed by atoms with Gasteiger partial charge in [-0.15, -0.1) is 0 Å². The van der Waals surface area contributed by atoms with Crippen molar-refractivity contribution in [2.45, 2.75) is 12.6 Å². The lowest BCUT2D eigenvalue weighted by molar-refractivity contribution is -0.137. The average molecular weight is 349 g/mol. The Bertz CT molecular complexity index is 645. The first-order valence-electron chi connectivity index (χ1n) is 6.68. The number of alkyl halides is 3. The smallest absolute Gasteiger partial charge is 0.349 e. The molecule has 0 heterocycles. The first-order valence-corrected chi connectivity index (χ1v) is 6.68. The van der Waals surface area contributed by atoms with Gasteiger partial charge >= 0.3 is 18.0 Å². The van der Waals surface area contributed by atoms with E-state index in [9.17, 15) is 31.9 Å². The Balaban J connectivity index is 2.67. The lowest BCUT2D eigenvalue weighted by Gasteiger charge is -2.12. The first kappa shape index (κ1) is 19.4. The molecule has 24 heavy (non-hydrogen) atoms. The van der Waals surface area contributed by atoms with Crippen LogP contribution in [0.2, 0.25) is 0 Å². The highest BCUT2D eigenvalue weighted by Crippen LogP contribution is 2.31. The van der Waals surface area contributed by atoms with E-state index in [1.165, 1.54) is 19.0 Å². The Morgan fingerprint density at radius 2 is 1.75 bits per heavy atom. The largest absolute Gasteiger partial charge is 0.416 e. The maximum Gasteiger partial charge on any atom is 0.416 e. The molecule has 6 nitrogen and oxygen atoms in total. The molecular formula is C14H15F4N3O3. The number of hydrogen-bond acceptors (Lipinski definition) is 3. The van der Waals surface area contributed by atoms with Crippen LogP contribution in [0.15, 0.2) is 18.2 Å². The molecule has 0 aliphatic rings. The third-order valence-electron chi connectivity index (χ3n) is 2.87. The molecule has 0 saturated carbocycles. The fraction of sp³-hybridized carbons (Fsp3) is 0.357. The number of carbonyl (C=O) groups is 3. The van der Waals surface area contributed by atoms with Crippen LogP contribution in [0.25, 0.3) is 0 Å². The lowest BCUT2D eigenvalue weighted by Crippen LogP contribution is -2.37. The molecule has 0 bridgehead atoms. The quantitative estimate of drug-likeness (QED) is 0.637. The normalized spacial score (nSPS) is 10.9. The standard InChI is InChI=1S/C14H15F4N3O3/c1-21(2)11(22)5-6-19-12(23)13(24)20-10-7-8(14(16,17)18)3-4-9(10)15/h3-4,7H,5-6H2,1-2H3,(H,19,23)(H,20,24). The number of hydrogen-bond donors (Lipinski definition) is 2. The third-order valence-corrected chi connectivity index (χ3v) is 2.87. The zero-order chi connectivity index (χ0) is 18.5. The molecule has 1 aromatic carbocycles. The molecule has 1 aromatic rings. The van der Waals surface area contributed by atoms with Gasteiger partial charge in [-0.05, 0) is 18.2 Å². The van der Waals surface area contributed by atoms with E-state index in [2.05, 4.69) is 5.32 Å². The summed E-state index contributed by atoms with van der Waals surface area (Å²) in [6.45, 7) is -0.145. The van der Waals surface area contributed by atoms with E-state index in [4.69, 9.17) is 0 Å². The zero-order valence-corrected chi connectivity index (χ0v) is 12.8. The van der Waals surface area contributed by atoms with Gasteiger partial charge in [0.15, 0.2) is 0 Å². The minimum atomic E-state index is -4.72. The topological polar surface area (TPSA) is 78.5 Å². The summed E-state index contributed by atoms with van der Waals surface area (Å²) in [7, 11) is 3.01. The number of nitrogens with zero attached hydrogens (tertiary/aromatic N) is 1. The predicted octanol–water partition coefficient (Wildman–Crippen LogP) is 1.38. The zero-order valence-electron chi connectivity index (χ0n) is 12.8. The van der Waals surface area contributed by atoms with E-state index in [1.807, 2.05) is 0 Å². The van der Waals surface area contributed by atoms with Gasteiger partial charge in [-0.2, -0.15) is 13.2 Å². The van der Waals surface area contributed by atoms with Gasteiger partial charge in [-0.1, -0.05) is 0 Å². The number of nitrogens with one attached hydrogen (secondary N) is 2. The minimum Gasteiger partial charge on any atom is -0.349 e. The van der Waals surface area contributed by atoms with Crippen LogP contribution in [0.1, 0.15) is 12.0 Å². The first-order chi connectivity index (χ1) is 11.0. The van der Waals surface area contributed by atoms with E-state index < -0.39 is 35.1 Å². The second-order valence-corrected chi connectivity index (χ2v) is 4.94. The van der Waals surface area contributed by atoms with Crippen LogP contribution < -0.4 is 10.6 Å². The number of benzene rings is 1. The average Bonchev–Trinajstić information content (AvgIpc) is 2.47. The molecule has 1 rings (SSSR count). The van der Waals surface area contributed by atoms with Crippen molar-refractivity contribution >= 4 is 23.4 Å². The van der Waals surface area contributed by atoms with Crippen molar-refractivity contribution in [3.8, 4) is 0 Å². The molecule has 0 atom stereocenters. The van der Waals surface area contributed by atoms with Crippen molar-refractivity contribution in [1.82, 2.24) is 10.2 Å². The monoisotopic (exact) mass is 349 g/mol. The highest BCUT2D eigenvalue weighted by atomic mass is 19.4. The van der Waals surface area contributed by atoms with E-state index in [0.29, 0.717) is 18.2 Å². The molecule has 0 aliphatic heterocycles. The molecule has 0 fully saturated rings. The number of amides is 3. The molecule has 0 spiro atoms. The molecule has 0 aromatic heterocycles. The number of halogens is 4. The van der Waals surface area contributed by atoms with Gasteiger partial charge in [0.2, 0.25) is 5.91 Å². The summed E-state index contributed by atoms with van der Waals surface area (Å²) in [4.78, 5) is 35.6. The molecule has 2 N–H and O–H groups in total. The van der Waals surface area contributed by atoms with Crippen LogP contribution in [-0.2, 0) is 20.6 Å². The van der Waals surface area contributed by atoms with Gasteiger partial charge in [0.05, 0.1) is 11.3 Å². The molecule has 0 saturated heterocycles. The van der Waals surface area contributed by atoms with Crippen molar-refractivity contribution < 1.29 is 31.9 Å². The van der Waals surface area contributed by atoms with E-state index in [1.54, 1.807) is 5.32 Å². The maximum atomic E-state index is 13.5. The molecule has 0 aliphatic carbocycles.